The molecule has 0 aliphatic carbocycles. The van der Waals surface area contributed by atoms with E-state index < -0.39 is 5.60 Å². The summed E-state index contributed by atoms with van der Waals surface area (Å²) < 4.78 is 1.59. The van der Waals surface area contributed by atoms with Crippen molar-refractivity contribution >= 4 is 5.82 Å². The predicted molar refractivity (Wildman–Crippen MR) is 63.7 cm³/mol. The van der Waals surface area contributed by atoms with Gasteiger partial charge in [-0.2, -0.15) is 0 Å². The van der Waals surface area contributed by atoms with E-state index in [1.165, 1.54) is 0 Å². The largest absolute Gasteiger partial charge is 0.389 e. The highest BCUT2D eigenvalue weighted by atomic mass is 16.3. The second kappa shape index (κ2) is 4.65. The molecule has 0 aromatic carbocycles. The molecule has 0 aliphatic heterocycles. The van der Waals surface area contributed by atoms with Gasteiger partial charge in [-0.25, -0.2) is 4.98 Å². The number of aryl methyl sites for hydroxylation is 1. The fourth-order valence-electron chi connectivity index (χ4n) is 1.60. The van der Waals surface area contributed by atoms with Crippen LogP contribution in [0.25, 0.3) is 0 Å². The molecule has 1 N–H and O–H groups in total. The fraction of sp³-hybridized carbons (Fsp3) is 0.636. The van der Waals surface area contributed by atoms with E-state index in [9.17, 15) is 9.90 Å². The Balaban J connectivity index is 3.01. The monoisotopic (exact) mass is 225 g/mol. The minimum Gasteiger partial charge on any atom is -0.389 e. The maximum absolute atomic E-state index is 11.9. The Bertz CT molecular complexity index is 406. The number of hydrogen-bond donors (Lipinski definition) is 1. The van der Waals surface area contributed by atoms with Gasteiger partial charge < -0.3 is 14.6 Å². The lowest BCUT2D eigenvalue weighted by atomic mass is 10.1. The van der Waals surface area contributed by atoms with Crippen molar-refractivity contribution in [2.75, 3.05) is 18.5 Å². The van der Waals surface area contributed by atoms with Crippen LogP contribution >= 0.6 is 0 Å². The molecule has 90 valence electrons. The van der Waals surface area contributed by atoms with Gasteiger partial charge in [-0.15, -0.1) is 0 Å². The van der Waals surface area contributed by atoms with Gasteiger partial charge in [0.2, 0.25) is 0 Å². The third kappa shape index (κ3) is 3.06. The molecule has 0 bridgehead atoms. The smallest absolute Gasteiger partial charge is 0.293 e. The van der Waals surface area contributed by atoms with E-state index in [0.717, 1.165) is 0 Å². The second-order valence-corrected chi connectivity index (χ2v) is 4.51. The van der Waals surface area contributed by atoms with Gasteiger partial charge in [0.25, 0.3) is 5.56 Å². The highest BCUT2D eigenvalue weighted by Crippen LogP contribution is 2.08. The lowest BCUT2D eigenvalue weighted by Gasteiger charge is -2.25. The molecule has 1 rings (SSSR count). The maximum atomic E-state index is 11.9. The highest BCUT2D eigenvalue weighted by molar-refractivity contribution is 5.34. The van der Waals surface area contributed by atoms with Crippen molar-refractivity contribution in [3.05, 3.63) is 22.7 Å². The van der Waals surface area contributed by atoms with Crippen molar-refractivity contribution < 1.29 is 5.11 Å². The van der Waals surface area contributed by atoms with Crippen LogP contribution in [-0.2, 0) is 6.54 Å². The van der Waals surface area contributed by atoms with E-state index in [1.807, 2.05) is 6.92 Å². The van der Waals surface area contributed by atoms with Gasteiger partial charge in [-0.1, -0.05) is 0 Å². The van der Waals surface area contributed by atoms with Gasteiger partial charge in [0, 0.05) is 32.5 Å². The second-order valence-electron chi connectivity index (χ2n) is 4.51. The summed E-state index contributed by atoms with van der Waals surface area (Å²) in [6.45, 7) is 6.28. The summed E-state index contributed by atoms with van der Waals surface area (Å²) >= 11 is 0. The third-order valence-corrected chi connectivity index (χ3v) is 2.22. The summed E-state index contributed by atoms with van der Waals surface area (Å²) in [6.07, 6.45) is 3.25. The average Bonchev–Trinajstić information content (AvgIpc) is 2.15. The third-order valence-electron chi connectivity index (χ3n) is 2.22. The van der Waals surface area contributed by atoms with Gasteiger partial charge in [0.05, 0.1) is 5.60 Å². The number of rotatable bonds is 4. The van der Waals surface area contributed by atoms with Crippen molar-refractivity contribution in [2.45, 2.75) is 32.9 Å². The zero-order valence-electron chi connectivity index (χ0n) is 10.3. The van der Waals surface area contributed by atoms with Crippen molar-refractivity contribution in [1.29, 1.82) is 0 Å². The molecule has 0 saturated carbocycles. The molecular formula is C11H19N3O2. The Kier molecular flexibility index (Phi) is 3.70. The zero-order chi connectivity index (χ0) is 12.3. The summed E-state index contributed by atoms with van der Waals surface area (Å²) in [5, 5.41) is 9.69. The molecule has 1 aromatic rings. The molecule has 1 heterocycles. The molecule has 16 heavy (non-hydrogen) atoms. The number of aliphatic hydroxyl groups is 1. The molecule has 0 unspecified atom stereocenters. The van der Waals surface area contributed by atoms with Crippen molar-refractivity contribution in [1.82, 2.24) is 9.55 Å². The van der Waals surface area contributed by atoms with Gasteiger partial charge in [0.1, 0.15) is 0 Å². The van der Waals surface area contributed by atoms with Gasteiger partial charge in [-0.05, 0) is 20.8 Å². The highest BCUT2D eigenvalue weighted by Gasteiger charge is 2.18. The van der Waals surface area contributed by atoms with Crippen LogP contribution in [0.1, 0.15) is 20.8 Å². The van der Waals surface area contributed by atoms with Crippen molar-refractivity contribution in [2.24, 2.45) is 0 Å². The summed E-state index contributed by atoms with van der Waals surface area (Å²) in [4.78, 5) is 17.6. The minimum atomic E-state index is -0.851. The normalized spacial score (nSPS) is 11.6. The van der Waals surface area contributed by atoms with Crippen LogP contribution in [0, 0.1) is 0 Å². The summed E-state index contributed by atoms with van der Waals surface area (Å²) in [5.41, 5.74) is -0.979. The van der Waals surface area contributed by atoms with E-state index in [2.05, 4.69) is 4.98 Å². The Morgan fingerprint density at radius 2 is 2.19 bits per heavy atom. The molecule has 0 spiro atoms. The van der Waals surface area contributed by atoms with Crippen LogP contribution in [0.5, 0.6) is 0 Å². The standard InChI is InChI=1S/C11H19N3O2/c1-5-14-7-6-12-9(10(14)15)13(4)8-11(2,3)16/h6-7,16H,5,8H2,1-4H3. The van der Waals surface area contributed by atoms with E-state index >= 15 is 0 Å². The molecule has 1 aromatic heterocycles. The van der Waals surface area contributed by atoms with Crippen LogP contribution in [0.4, 0.5) is 5.82 Å². The number of likely N-dealkylation sites (N-methyl/N-ethyl adjacent to an activating group) is 1. The van der Waals surface area contributed by atoms with Gasteiger partial charge >= 0.3 is 0 Å². The van der Waals surface area contributed by atoms with Crippen molar-refractivity contribution in [3.8, 4) is 0 Å². The minimum absolute atomic E-state index is 0.128. The molecule has 5 nitrogen and oxygen atoms in total. The molecule has 0 atom stereocenters. The molecule has 5 heteroatoms. The van der Waals surface area contributed by atoms with Crippen LogP contribution in [-0.4, -0.2) is 33.9 Å². The van der Waals surface area contributed by atoms with E-state index in [0.29, 0.717) is 18.9 Å². The number of nitrogens with zero attached hydrogens (tertiary/aromatic N) is 3. The van der Waals surface area contributed by atoms with Gasteiger partial charge in [0.15, 0.2) is 5.82 Å². The number of hydrogen-bond acceptors (Lipinski definition) is 4. The van der Waals surface area contributed by atoms with Crippen molar-refractivity contribution in [3.63, 3.8) is 0 Å². The molecule has 0 aliphatic rings. The quantitative estimate of drug-likeness (QED) is 0.809. The van der Waals surface area contributed by atoms with Crippen LogP contribution in [0.15, 0.2) is 17.2 Å². The SMILES string of the molecule is CCn1ccnc(N(C)CC(C)(C)O)c1=O. The maximum Gasteiger partial charge on any atom is 0.293 e. The number of aromatic nitrogens is 2. The summed E-state index contributed by atoms with van der Waals surface area (Å²) in [5.74, 6) is 0.367. The predicted octanol–water partition coefficient (Wildman–Crippen LogP) is 0.470. The lowest BCUT2D eigenvalue weighted by molar-refractivity contribution is 0.0884. The molecular weight excluding hydrogens is 206 g/mol. The first-order valence-electron chi connectivity index (χ1n) is 5.34. The Morgan fingerprint density at radius 1 is 1.56 bits per heavy atom. The van der Waals surface area contributed by atoms with Crippen LogP contribution < -0.4 is 10.5 Å². The zero-order valence-corrected chi connectivity index (χ0v) is 10.3. The van der Waals surface area contributed by atoms with Crippen LogP contribution in [0.2, 0.25) is 0 Å². The molecule has 0 fully saturated rings. The van der Waals surface area contributed by atoms with E-state index in [-0.39, 0.29) is 5.56 Å². The number of anilines is 1. The Morgan fingerprint density at radius 3 is 2.69 bits per heavy atom. The summed E-state index contributed by atoms with van der Waals surface area (Å²) in [6, 6.07) is 0. The van der Waals surface area contributed by atoms with E-state index in [4.69, 9.17) is 0 Å². The average molecular weight is 225 g/mol. The fourth-order valence-corrected chi connectivity index (χ4v) is 1.60. The Labute approximate surface area is 95.4 Å². The summed E-state index contributed by atoms with van der Waals surface area (Å²) in [7, 11) is 1.75. The molecule has 0 amide bonds. The first-order chi connectivity index (χ1) is 7.35. The first-order valence-corrected chi connectivity index (χ1v) is 5.34. The Hall–Kier alpha value is -1.36. The lowest BCUT2D eigenvalue weighted by Crippen LogP contribution is -2.40. The topological polar surface area (TPSA) is 58.4 Å². The molecule has 0 saturated heterocycles. The van der Waals surface area contributed by atoms with Crippen LogP contribution in [0.3, 0.4) is 0 Å². The molecule has 0 radical (unpaired) electrons. The van der Waals surface area contributed by atoms with Gasteiger partial charge in [-0.3, -0.25) is 4.79 Å². The first kappa shape index (κ1) is 12.7. The van der Waals surface area contributed by atoms with E-state index in [1.54, 1.807) is 42.8 Å².